The Hall–Kier alpha value is -0.643. The largest absolute Gasteiger partial charge is 0.402 e. The van der Waals surface area contributed by atoms with Gasteiger partial charge in [-0.05, 0) is 5.56 Å². The van der Waals surface area contributed by atoms with Gasteiger partial charge in [-0.1, -0.05) is 30.3 Å². The highest BCUT2D eigenvalue weighted by molar-refractivity contribution is 6.17. The molecule has 0 aromatic heterocycles. The molecule has 0 atom stereocenters. The fourth-order valence-electron chi connectivity index (χ4n) is 0.817. The average Bonchev–Trinajstić information content (AvgIpc) is 2.07. The first kappa shape index (κ1) is 8.45. The van der Waals surface area contributed by atoms with Gasteiger partial charge in [-0.25, -0.2) is 0 Å². The zero-order valence-electron chi connectivity index (χ0n) is 6.62. The van der Waals surface area contributed by atoms with Gasteiger partial charge in [0.15, 0.2) is 0 Å². The molecule has 0 saturated heterocycles. The highest BCUT2D eigenvalue weighted by Gasteiger charge is 1.89. The van der Waals surface area contributed by atoms with E-state index in [0.29, 0.717) is 6.61 Å². The van der Waals surface area contributed by atoms with Crippen molar-refractivity contribution in [1.29, 1.82) is 0 Å². The van der Waals surface area contributed by atoms with Gasteiger partial charge in [0.05, 0.1) is 6.61 Å². The first-order valence-corrected chi connectivity index (χ1v) is 4.69. The lowest BCUT2D eigenvalue weighted by molar-refractivity contribution is 0.246. The fourth-order valence-corrected chi connectivity index (χ4v) is 1.30. The zero-order valence-corrected chi connectivity index (χ0v) is 8.03. The summed E-state index contributed by atoms with van der Waals surface area (Å²) in [7, 11) is 0.956. The summed E-state index contributed by atoms with van der Waals surface area (Å²) >= 11 is 0. The third-order valence-corrected chi connectivity index (χ3v) is 1.92. The maximum atomic E-state index is 5.29. The molecule has 1 aromatic carbocycles. The van der Waals surface area contributed by atoms with Crippen LogP contribution in [0.15, 0.2) is 30.3 Å². The van der Waals surface area contributed by atoms with Crippen molar-refractivity contribution in [2.45, 2.75) is 6.61 Å². The van der Waals surface area contributed by atoms with E-state index in [2.05, 4.69) is 0 Å². The van der Waals surface area contributed by atoms with Crippen LogP contribution in [0.2, 0.25) is 0 Å². The molecule has 0 heterocycles. The van der Waals surface area contributed by atoms with Gasteiger partial charge in [-0.15, -0.1) is 0 Å². The van der Waals surface area contributed by atoms with E-state index >= 15 is 0 Å². The molecule has 0 aliphatic rings. The Morgan fingerprint density at radius 3 is 2.64 bits per heavy atom. The molecular formula is C8H12O2Si. The number of benzene rings is 1. The summed E-state index contributed by atoms with van der Waals surface area (Å²) < 4.78 is 10.2. The molecule has 0 amide bonds. The van der Waals surface area contributed by atoms with Gasteiger partial charge in [0.2, 0.25) is 0 Å². The first-order valence-electron chi connectivity index (χ1n) is 3.54. The lowest BCUT2D eigenvalue weighted by Gasteiger charge is -2.00. The topological polar surface area (TPSA) is 18.5 Å². The van der Waals surface area contributed by atoms with Crippen LogP contribution in [0.25, 0.3) is 0 Å². The van der Waals surface area contributed by atoms with Crippen LogP contribution >= 0.6 is 0 Å². The zero-order chi connectivity index (χ0) is 7.94. The predicted molar refractivity (Wildman–Crippen MR) is 46.8 cm³/mol. The minimum Gasteiger partial charge on any atom is -0.402 e. The summed E-state index contributed by atoms with van der Waals surface area (Å²) in [5.41, 5.74) is 1.21. The summed E-state index contributed by atoms with van der Waals surface area (Å²) in [6.07, 6.45) is 0. The van der Waals surface area contributed by atoms with Gasteiger partial charge in [0.1, 0.15) is 0 Å². The van der Waals surface area contributed by atoms with E-state index < -0.39 is 10.0 Å². The van der Waals surface area contributed by atoms with E-state index in [1.165, 1.54) is 5.56 Å². The maximum absolute atomic E-state index is 5.29. The molecule has 1 rings (SSSR count). The Morgan fingerprint density at radius 2 is 2.00 bits per heavy atom. The van der Waals surface area contributed by atoms with Gasteiger partial charge in [-0.3, -0.25) is 0 Å². The summed E-state index contributed by atoms with van der Waals surface area (Å²) in [6, 6.07) is 10.1. The Bertz CT molecular complexity index is 189. The monoisotopic (exact) mass is 168 g/mol. The van der Waals surface area contributed by atoms with E-state index in [-0.39, 0.29) is 0 Å². The minimum atomic E-state index is -0.722. The fraction of sp³-hybridized carbons (Fsp3) is 0.250. The Morgan fingerprint density at radius 1 is 1.27 bits per heavy atom. The summed E-state index contributed by atoms with van der Waals surface area (Å²) in [4.78, 5) is 0. The standard InChI is InChI=1S/C8H12O2Si/c1-9-11-10-7-8-5-3-2-4-6-8/h2-6H,7,11H2,1H3. The van der Waals surface area contributed by atoms with Gasteiger partial charge >= 0.3 is 10.0 Å². The van der Waals surface area contributed by atoms with Crippen LogP contribution in [0, 0.1) is 0 Å². The van der Waals surface area contributed by atoms with Crippen molar-refractivity contribution in [3.05, 3.63) is 35.9 Å². The number of rotatable bonds is 4. The van der Waals surface area contributed by atoms with E-state index in [1.807, 2.05) is 30.3 Å². The van der Waals surface area contributed by atoms with Crippen LogP contribution in [0.1, 0.15) is 5.56 Å². The highest BCUT2D eigenvalue weighted by Crippen LogP contribution is 1.99. The number of hydrogen-bond acceptors (Lipinski definition) is 2. The predicted octanol–water partition coefficient (Wildman–Crippen LogP) is 0.848. The molecule has 0 bridgehead atoms. The van der Waals surface area contributed by atoms with E-state index in [9.17, 15) is 0 Å². The van der Waals surface area contributed by atoms with E-state index in [0.717, 1.165) is 0 Å². The molecule has 0 N–H and O–H groups in total. The van der Waals surface area contributed by atoms with Crippen molar-refractivity contribution in [3.8, 4) is 0 Å². The molecule has 0 unspecified atom stereocenters. The second-order valence-corrected chi connectivity index (χ2v) is 3.46. The van der Waals surface area contributed by atoms with Crippen LogP contribution in [-0.2, 0) is 15.5 Å². The molecule has 3 heteroatoms. The first-order chi connectivity index (χ1) is 5.43. The molecule has 11 heavy (non-hydrogen) atoms. The molecule has 0 fully saturated rings. The molecule has 0 spiro atoms. The third kappa shape index (κ3) is 3.32. The van der Waals surface area contributed by atoms with E-state index in [4.69, 9.17) is 8.85 Å². The number of hydrogen-bond donors (Lipinski definition) is 0. The summed E-state index contributed by atoms with van der Waals surface area (Å²) in [6.45, 7) is 0.681. The lowest BCUT2D eigenvalue weighted by atomic mass is 10.2. The van der Waals surface area contributed by atoms with Crippen LogP contribution in [0.4, 0.5) is 0 Å². The molecule has 1 aromatic rings. The Labute approximate surface area is 69.2 Å². The SMILES string of the molecule is CO[SiH2]OCc1ccccc1. The van der Waals surface area contributed by atoms with Crippen molar-refractivity contribution in [2.24, 2.45) is 0 Å². The van der Waals surface area contributed by atoms with Crippen LogP contribution in [0.3, 0.4) is 0 Å². The van der Waals surface area contributed by atoms with Crippen molar-refractivity contribution >= 4 is 10.0 Å². The maximum Gasteiger partial charge on any atom is 0.304 e. The van der Waals surface area contributed by atoms with Gasteiger partial charge in [0, 0.05) is 7.11 Å². The van der Waals surface area contributed by atoms with Crippen molar-refractivity contribution in [2.75, 3.05) is 7.11 Å². The molecule has 2 nitrogen and oxygen atoms in total. The average molecular weight is 168 g/mol. The van der Waals surface area contributed by atoms with Crippen LogP contribution < -0.4 is 0 Å². The highest BCUT2D eigenvalue weighted by atomic mass is 28.3. The molecule has 0 aliphatic carbocycles. The normalized spacial score (nSPS) is 11.0. The van der Waals surface area contributed by atoms with Crippen molar-refractivity contribution < 1.29 is 8.85 Å². The summed E-state index contributed by atoms with van der Waals surface area (Å²) in [5, 5.41) is 0. The molecule has 0 aliphatic heterocycles. The minimum absolute atomic E-state index is 0.681. The van der Waals surface area contributed by atoms with Gasteiger partial charge < -0.3 is 8.85 Å². The molecule has 60 valence electrons. The Balaban J connectivity index is 2.28. The second kappa shape index (κ2) is 5.07. The van der Waals surface area contributed by atoms with Crippen LogP contribution in [0.5, 0.6) is 0 Å². The lowest BCUT2D eigenvalue weighted by Crippen LogP contribution is -2.00. The van der Waals surface area contributed by atoms with E-state index in [1.54, 1.807) is 7.11 Å². The van der Waals surface area contributed by atoms with Gasteiger partial charge in [0.25, 0.3) is 0 Å². The van der Waals surface area contributed by atoms with Crippen molar-refractivity contribution in [1.82, 2.24) is 0 Å². The smallest absolute Gasteiger partial charge is 0.304 e. The van der Waals surface area contributed by atoms with Gasteiger partial charge in [-0.2, -0.15) is 0 Å². The second-order valence-electron chi connectivity index (χ2n) is 2.24. The van der Waals surface area contributed by atoms with Crippen molar-refractivity contribution in [3.63, 3.8) is 0 Å². The van der Waals surface area contributed by atoms with Crippen LogP contribution in [-0.4, -0.2) is 17.1 Å². The Kier molecular flexibility index (Phi) is 3.89. The quantitative estimate of drug-likeness (QED) is 0.490. The summed E-state index contributed by atoms with van der Waals surface area (Å²) in [5.74, 6) is 0. The molecular weight excluding hydrogens is 156 g/mol. The third-order valence-electron chi connectivity index (χ3n) is 1.31. The molecule has 0 radical (unpaired) electrons. The molecule has 0 saturated carbocycles.